The van der Waals surface area contributed by atoms with Crippen LogP contribution in [0.15, 0.2) is 52.8 Å². The Kier molecular flexibility index (Phi) is 10.7. The van der Waals surface area contributed by atoms with E-state index in [1.807, 2.05) is 61.9 Å². The van der Waals surface area contributed by atoms with Crippen LogP contribution in [0.2, 0.25) is 0 Å². The number of unbranched alkanes of at least 4 members (excludes halogenated alkanes) is 4. The Labute approximate surface area is 248 Å². The molecule has 0 saturated heterocycles. The number of hydrogen-bond acceptors (Lipinski definition) is 7. The van der Waals surface area contributed by atoms with Gasteiger partial charge in [-0.25, -0.2) is 4.68 Å². The summed E-state index contributed by atoms with van der Waals surface area (Å²) in [7, 11) is 1.64. The van der Waals surface area contributed by atoms with Gasteiger partial charge in [-0.05, 0) is 68.5 Å². The van der Waals surface area contributed by atoms with E-state index in [0.717, 1.165) is 59.5 Å². The van der Waals surface area contributed by atoms with Crippen molar-refractivity contribution in [3.05, 3.63) is 64.4 Å². The highest BCUT2D eigenvalue weighted by Crippen LogP contribution is 2.40. The van der Waals surface area contributed by atoms with Crippen LogP contribution < -0.4 is 20.1 Å². The number of anilines is 2. The zero-order valence-electron chi connectivity index (χ0n) is 25.2. The van der Waals surface area contributed by atoms with E-state index in [4.69, 9.17) is 19.6 Å². The molecule has 0 spiro atoms. The molecule has 2 N–H and O–H groups in total. The summed E-state index contributed by atoms with van der Waals surface area (Å²) in [6.07, 6.45) is 6.72. The van der Waals surface area contributed by atoms with Crippen molar-refractivity contribution in [2.24, 2.45) is 0 Å². The number of methoxy groups -OCH3 is 1. The molecule has 0 bridgehead atoms. The topological polar surface area (TPSA) is 90.3 Å². The first kappa shape index (κ1) is 30.5. The molecule has 220 valence electrons. The average molecular weight is 578 g/mol. The number of nitrogens with one attached hydrogen (secondary N) is 2. The second-order valence-corrected chi connectivity index (χ2v) is 11.5. The van der Waals surface area contributed by atoms with E-state index in [9.17, 15) is 4.79 Å². The van der Waals surface area contributed by atoms with Gasteiger partial charge in [-0.2, -0.15) is 4.98 Å². The summed E-state index contributed by atoms with van der Waals surface area (Å²) >= 11 is 1.63. The summed E-state index contributed by atoms with van der Waals surface area (Å²) in [6, 6.07) is 11.3. The number of benzene rings is 2. The SMILES string of the molecule is CCCCCCOc1ccc(C2C(C(=O)Nc3cccc(C)c3C)=C(C)Nc3nc(SCCCC)nn32)cc1OC. The molecular weight excluding hydrogens is 534 g/mol. The van der Waals surface area contributed by atoms with Gasteiger partial charge >= 0.3 is 0 Å². The lowest BCUT2D eigenvalue weighted by atomic mass is 9.94. The molecule has 2 aromatic carbocycles. The highest BCUT2D eigenvalue weighted by Gasteiger charge is 2.35. The van der Waals surface area contributed by atoms with Gasteiger partial charge in [0.15, 0.2) is 11.5 Å². The molecule has 1 aliphatic rings. The fourth-order valence-corrected chi connectivity index (χ4v) is 5.78. The lowest BCUT2D eigenvalue weighted by Crippen LogP contribution is -2.31. The zero-order chi connectivity index (χ0) is 29.4. The van der Waals surface area contributed by atoms with Gasteiger partial charge in [-0.1, -0.05) is 69.5 Å². The molecule has 0 aliphatic carbocycles. The summed E-state index contributed by atoms with van der Waals surface area (Å²) in [6.45, 7) is 11.0. The monoisotopic (exact) mass is 577 g/mol. The second-order valence-electron chi connectivity index (χ2n) is 10.5. The van der Waals surface area contributed by atoms with Crippen molar-refractivity contribution in [1.82, 2.24) is 14.8 Å². The van der Waals surface area contributed by atoms with Crippen molar-refractivity contribution in [2.45, 2.75) is 84.3 Å². The number of hydrogen-bond donors (Lipinski definition) is 2. The molecule has 41 heavy (non-hydrogen) atoms. The molecule has 1 aliphatic heterocycles. The van der Waals surface area contributed by atoms with Gasteiger partial charge in [0.25, 0.3) is 5.91 Å². The normalized spacial score (nSPS) is 14.4. The van der Waals surface area contributed by atoms with E-state index in [1.165, 1.54) is 12.8 Å². The Morgan fingerprint density at radius 2 is 1.85 bits per heavy atom. The van der Waals surface area contributed by atoms with Crippen molar-refractivity contribution in [1.29, 1.82) is 0 Å². The molecule has 0 fully saturated rings. The van der Waals surface area contributed by atoms with Crippen molar-refractivity contribution < 1.29 is 14.3 Å². The average Bonchev–Trinajstić information content (AvgIpc) is 3.37. The van der Waals surface area contributed by atoms with E-state index in [2.05, 4.69) is 24.5 Å². The summed E-state index contributed by atoms with van der Waals surface area (Å²) in [5.74, 6) is 2.69. The van der Waals surface area contributed by atoms with Gasteiger partial charge in [-0.3, -0.25) is 4.79 Å². The first-order valence-electron chi connectivity index (χ1n) is 14.6. The summed E-state index contributed by atoms with van der Waals surface area (Å²) in [5, 5.41) is 12.0. The van der Waals surface area contributed by atoms with Crippen LogP contribution in [0.3, 0.4) is 0 Å². The predicted octanol–water partition coefficient (Wildman–Crippen LogP) is 7.68. The number of carbonyl (C=O) groups excluding carboxylic acids is 1. The molecular formula is C32H43N5O3S. The van der Waals surface area contributed by atoms with Gasteiger partial charge < -0.3 is 20.1 Å². The molecule has 8 nitrogen and oxygen atoms in total. The van der Waals surface area contributed by atoms with Crippen LogP contribution in [0, 0.1) is 13.8 Å². The number of fused-ring (bicyclic) bond motifs is 1. The smallest absolute Gasteiger partial charge is 0.255 e. The van der Waals surface area contributed by atoms with E-state index in [0.29, 0.717) is 34.8 Å². The van der Waals surface area contributed by atoms with E-state index < -0.39 is 6.04 Å². The number of aryl methyl sites for hydroxylation is 1. The Bertz CT molecular complexity index is 1380. The van der Waals surface area contributed by atoms with Crippen molar-refractivity contribution >= 4 is 29.3 Å². The second kappa shape index (κ2) is 14.4. The lowest BCUT2D eigenvalue weighted by Gasteiger charge is -2.29. The van der Waals surface area contributed by atoms with Crippen LogP contribution >= 0.6 is 11.8 Å². The standard InChI is InChI=1S/C32H43N5O3S/c1-7-9-11-12-18-40-26-17-16-24(20-27(26)39-6)29-28(30(38)34-25-15-13-14-21(3)22(25)4)23(5)33-31-35-32(36-37(29)31)41-19-10-8-2/h13-17,20,29H,7-12,18-19H2,1-6H3,(H,34,38)(H,33,35,36). The van der Waals surface area contributed by atoms with E-state index in [1.54, 1.807) is 18.9 Å². The van der Waals surface area contributed by atoms with Crippen LogP contribution in [0.5, 0.6) is 11.5 Å². The number of aromatic nitrogens is 3. The van der Waals surface area contributed by atoms with Crippen LogP contribution in [0.1, 0.15) is 82.0 Å². The Balaban J connectivity index is 1.70. The molecule has 1 amide bonds. The lowest BCUT2D eigenvalue weighted by molar-refractivity contribution is -0.113. The van der Waals surface area contributed by atoms with Crippen molar-refractivity contribution in [2.75, 3.05) is 30.1 Å². The molecule has 1 aromatic heterocycles. The van der Waals surface area contributed by atoms with Gasteiger partial charge in [0, 0.05) is 17.1 Å². The maximum atomic E-state index is 14.0. The van der Waals surface area contributed by atoms with Crippen LogP contribution in [0.4, 0.5) is 11.6 Å². The largest absolute Gasteiger partial charge is 0.493 e. The first-order valence-corrected chi connectivity index (χ1v) is 15.6. The first-order chi connectivity index (χ1) is 19.9. The van der Waals surface area contributed by atoms with Gasteiger partial charge in [-0.15, -0.1) is 5.10 Å². The number of allylic oxidation sites excluding steroid dienone is 1. The molecule has 1 atom stereocenters. The number of nitrogens with zero attached hydrogens (tertiary/aromatic N) is 3. The van der Waals surface area contributed by atoms with Crippen molar-refractivity contribution in [3.63, 3.8) is 0 Å². The number of thioether (sulfide) groups is 1. The molecule has 3 aromatic rings. The molecule has 1 unspecified atom stereocenters. The Morgan fingerprint density at radius 3 is 2.61 bits per heavy atom. The summed E-state index contributed by atoms with van der Waals surface area (Å²) in [4.78, 5) is 18.7. The van der Waals surface area contributed by atoms with E-state index in [-0.39, 0.29) is 5.91 Å². The number of ether oxygens (including phenoxy) is 2. The molecule has 0 radical (unpaired) electrons. The maximum Gasteiger partial charge on any atom is 0.255 e. The minimum absolute atomic E-state index is 0.190. The van der Waals surface area contributed by atoms with Crippen molar-refractivity contribution in [3.8, 4) is 11.5 Å². The third kappa shape index (κ3) is 7.25. The van der Waals surface area contributed by atoms with Gasteiger partial charge in [0.05, 0.1) is 19.3 Å². The predicted molar refractivity (Wildman–Crippen MR) is 167 cm³/mol. The molecule has 2 heterocycles. The van der Waals surface area contributed by atoms with E-state index >= 15 is 0 Å². The number of carbonyl (C=O) groups is 1. The Hall–Kier alpha value is -3.46. The maximum absolute atomic E-state index is 14.0. The zero-order valence-corrected chi connectivity index (χ0v) is 26.0. The highest BCUT2D eigenvalue weighted by atomic mass is 32.2. The highest BCUT2D eigenvalue weighted by molar-refractivity contribution is 7.99. The molecule has 0 saturated carbocycles. The number of amides is 1. The third-order valence-corrected chi connectivity index (χ3v) is 8.34. The Morgan fingerprint density at radius 1 is 1.05 bits per heavy atom. The molecule has 9 heteroatoms. The van der Waals surface area contributed by atoms with Crippen LogP contribution in [-0.2, 0) is 4.79 Å². The van der Waals surface area contributed by atoms with Crippen LogP contribution in [-0.4, -0.2) is 40.1 Å². The molecule has 4 rings (SSSR count). The third-order valence-electron chi connectivity index (χ3n) is 7.42. The number of rotatable bonds is 14. The summed E-state index contributed by atoms with van der Waals surface area (Å²) in [5.41, 5.74) is 5.12. The fraction of sp³-hybridized carbons (Fsp3) is 0.469. The van der Waals surface area contributed by atoms with Crippen LogP contribution in [0.25, 0.3) is 0 Å². The van der Waals surface area contributed by atoms with Gasteiger partial charge in [0.1, 0.15) is 6.04 Å². The quantitative estimate of drug-likeness (QED) is 0.150. The minimum Gasteiger partial charge on any atom is -0.493 e. The summed E-state index contributed by atoms with van der Waals surface area (Å²) < 4.78 is 13.7. The minimum atomic E-state index is -0.503. The fourth-order valence-electron chi connectivity index (χ4n) is 4.86. The van der Waals surface area contributed by atoms with Gasteiger partial charge in [0.2, 0.25) is 11.1 Å².